The lowest BCUT2D eigenvalue weighted by atomic mass is 10.1. The summed E-state index contributed by atoms with van der Waals surface area (Å²) in [5.74, 6) is 0. The third-order valence-corrected chi connectivity index (χ3v) is 4.86. The summed E-state index contributed by atoms with van der Waals surface area (Å²) in [5, 5.41) is 0. The smallest absolute Gasteiger partial charge is 0.204 e. The summed E-state index contributed by atoms with van der Waals surface area (Å²) in [6.07, 6.45) is 16.5. The Morgan fingerprint density at radius 3 is 1.07 bits per heavy atom. The van der Waals surface area contributed by atoms with Crippen molar-refractivity contribution in [3.05, 3.63) is 103 Å². The Kier molecular flexibility index (Phi) is 5.85. The summed E-state index contributed by atoms with van der Waals surface area (Å²) < 4.78 is 0. The average Bonchev–Trinajstić information content (AvgIpc) is 2.78. The fourth-order valence-corrected chi connectivity index (χ4v) is 3.13. The number of aryl methyl sites for hydroxylation is 1. The Morgan fingerprint density at radius 2 is 0.733 bits per heavy atom. The first-order valence-corrected chi connectivity index (χ1v) is 10.0. The van der Waals surface area contributed by atoms with Crippen molar-refractivity contribution in [2.45, 2.75) is 6.92 Å². The van der Waals surface area contributed by atoms with Crippen LogP contribution in [0.3, 0.4) is 0 Å². The van der Waals surface area contributed by atoms with E-state index in [9.17, 15) is 0 Å². The van der Waals surface area contributed by atoms with Crippen LogP contribution in [0, 0.1) is 6.92 Å². The van der Waals surface area contributed by atoms with Crippen molar-refractivity contribution in [2.75, 3.05) is 7.05 Å². The van der Waals surface area contributed by atoms with Crippen LogP contribution in [-0.2, 0) is 0 Å². The topological polar surface area (TPSA) is 55.9 Å². The monoisotopic (exact) mass is 394 g/mol. The molecular formula is C26H26N4+4. The molecule has 0 amide bonds. The molecule has 4 rings (SSSR count). The minimum absolute atomic E-state index is 1.05. The standard InChI is InChI=1S/C26H22N4/c1-19-3-5-21(6-4-19)28-23-11-13-25(14-12-23)30-26-17-15-24(16-18-26)29-22-9-7-20(27-2)8-10-22/h3-18H,1-2H3/p+4. The van der Waals surface area contributed by atoms with Crippen LogP contribution in [0.15, 0.2) is 97.1 Å². The van der Waals surface area contributed by atoms with Crippen LogP contribution in [-0.4, -0.2) is 29.9 Å². The number of rotatable bonds is 3. The lowest BCUT2D eigenvalue weighted by Crippen LogP contribution is -2.69. The Bertz CT molecular complexity index is 1130. The molecule has 2 aliphatic rings. The molecule has 4 N–H and O–H groups in total. The summed E-state index contributed by atoms with van der Waals surface area (Å²) in [6.45, 7) is 2.09. The van der Waals surface area contributed by atoms with Gasteiger partial charge in [0, 0.05) is 85.0 Å². The van der Waals surface area contributed by atoms with Crippen LogP contribution < -0.4 is 20.0 Å². The number of allylic oxidation sites excluding steroid dienone is 8. The zero-order valence-electron chi connectivity index (χ0n) is 17.2. The van der Waals surface area contributed by atoms with Gasteiger partial charge in [-0.2, -0.15) is 0 Å². The maximum atomic E-state index is 3.44. The maximum absolute atomic E-state index is 3.44. The van der Waals surface area contributed by atoms with Crippen molar-refractivity contribution < 1.29 is 20.0 Å². The van der Waals surface area contributed by atoms with E-state index in [2.05, 4.69) is 124 Å². The molecule has 0 aliphatic heterocycles. The van der Waals surface area contributed by atoms with Gasteiger partial charge in [-0.1, -0.05) is 17.7 Å². The molecule has 2 aliphatic carbocycles. The summed E-state index contributed by atoms with van der Waals surface area (Å²) in [7, 11) is 1.92. The van der Waals surface area contributed by atoms with E-state index in [-0.39, 0.29) is 0 Å². The van der Waals surface area contributed by atoms with Crippen molar-refractivity contribution in [1.82, 2.24) is 0 Å². The van der Waals surface area contributed by atoms with Crippen molar-refractivity contribution in [1.29, 1.82) is 0 Å². The number of hydrogen-bond acceptors (Lipinski definition) is 0. The van der Waals surface area contributed by atoms with Gasteiger partial charge in [0.1, 0.15) is 7.05 Å². The molecule has 0 fully saturated rings. The number of nitrogens with one attached hydrogen (secondary N) is 4. The normalized spacial score (nSPS) is 14.9. The molecule has 4 nitrogen and oxygen atoms in total. The second-order valence-electron chi connectivity index (χ2n) is 7.22. The minimum Gasteiger partial charge on any atom is -0.245 e. The van der Waals surface area contributed by atoms with Crippen molar-refractivity contribution >= 4 is 39.9 Å². The summed E-state index contributed by atoms with van der Waals surface area (Å²) in [4.78, 5) is 13.4. The van der Waals surface area contributed by atoms with E-state index in [4.69, 9.17) is 0 Å². The van der Waals surface area contributed by atoms with Gasteiger partial charge in [-0.25, -0.2) is 20.0 Å². The summed E-state index contributed by atoms with van der Waals surface area (Å²) in [6, 6.07) is 16.7. The van der Waals surface area contributed by atoms with Gasteiger partial charge >= 0.3 is 0 Å². The first-order chi connectivity index (χ1) is 14.7. The zero-order valence-corrected chi connectivity index (χ0v) is 17.2. The van der Waals surface area contributed by atoms with Gasteiger partial charge < -0.3 is 0 Å². The van der Waals surface area contributed by atoms with E-state index in [0.717, 1.165) is 39.9 Å². The Morgan fingerprint density at radius 1 is 0.433 bits per heavy atom. The molecular weight excluding hydrogens is 368 g/mol. The average molecular weight is 395 g/mol. The largest absolute Gasteiger partial charge is 0.245 e. The fraction of sp³-hybridized carbons (Fsp3) is 0.0769. The highest BCUT2D eigenvalue weighted by atomic mass is 14.8. The highest BCUT2D eigenvalue weighted by Gasteiger charge is 2.11. The zero-order chi connectivity index (χ0) is 20.8. The Balaban J connectivity index is 1.43. The maximum Gasteiger partial charge on any atom is 0.204 e. The molecule has 0 atom stereocenters. The SMILES string of the molecule is C[NH+]=C1C=CC(=[NH+]c2ccc([NH+]=C3C=CC(=[NH+]c4ccc(C)cc4)C=C3)cc2)C=C1. The molecule has 4 heteroatoms. The van der Waals surface area contributed by atoms with Crippen molar-refractivity contribution in [3.63, 3.8) is 0 Å². The van der Waals surface area contributed by atoms with Crippen LogP contribution in [0.4, 0.5) is 17.1 Å². The lowest BCUT2D eigenvalue weighted by molar-refractivity contribution is -0.417. The Hall–Kier alpha value is -3.92. The van der Waals surface area contributed by atoms with Crippen LogP contribution in [0.5, 0.6) is 0 Å². The van der Waals surface area contributed by atoms with Gasteiger partial charge in [0.15, 0.2) is 5.71 Å². The van der Waals surface area contributed by atoms with Gasteiger partial charge in [0.05, 0.1) is 0 Å². The van der Waals surface area contributed by atoms with Gasteiger partial charge in [-0.05, 0) is 6.92 Å². The van der Waals surface area contributed by atoms with Gasteiger partial charge in [-0.3, -0.25) is 0 Å². The fourth-order valence-electron chi connectivity index (χ4n) is 3.13. The van der Waals surface area contributed by atoms with E-state index in [0.29, 0.717) is 0 Å². The third kappa shape index (κ3) is 5.11. The van der Waals surface area contributed by atoms with E-state index in [1.807, 2.05) is 7.05 Å². The summed E-state index contributed by atoms with van der Waals surface area (Å²) in [5.41, 5.74) is 8.71. The second-order valence-corrected chi connectivity index (χ2v) is 7.22. The molecule has 2 aromatic rings. The molecule has 0 unspecified atom stereocenters. The highest BCUT2D eigenvalue weighted by molar-refractivity contribution is 6.15. The van der Waals surface area contributed by atoms with Gasteiger partial charge in [0.25, 0.3) is 0 Å². The van der Waals surface area contributed by atoms with E-state index >= 15 is 0 Å². The van der Waals surface area contributed by atoms with Crippen LogP contribution in [0.1, 0.15) is 5.56 Å². The predicted molar refractivity (Wildman–Crippen MR) is 123 cm³/mol. The first-order valence-electron chi connectivity index (χ1n) is 10.0. The minimum atomic E-state index is 1.05. The molecule has 0 heterocycles. The first kappa shape index (κ1) is 19.4. The molecule has 0 saturated carbocycles. The molecule has 0 radical (unpaired) electrons. The molecule has 0 spiro atoms. The molecule has 30 heavy (non-hydrogen) atoms. The van der Waals surface area contributed by atoms with Crippen LogP contribution >= 0.6 is 0 Å². The predicted octanol–water partition coefficient (Wildman–Crippen LogP) is -1.44. The number of benzene rings is 2. The lowest BCUT2D eigenvalue weighted by Gasteiger charge is -1.96. The highest BCUT2D eigenvalue weighted by Crippen LogP contribution is 2.04. The molecule has 0 aromatic heterocycles. The van der Waals surface area contributed by atoms with Crippen molar-refractivity contribution in [2.24, 2.45) is 0 Å². The van der Waals surface area contributed by atoms with E-state index in [1.54, 1.807) is 0 Å². The molecule has 146 valence electrons. The third-order valence-electron chi connectivity index (χ3n) is 4.86. The Labute approximate surface area is 176 Å². The summed E-state index contributed by atoms with van der Waals surface area (Å²) >= 11 is 0. The second kappa shape index (κ2) is 9.05. The van der Waals surface area contributed by atoms with Gasteiger partial charge in [-0.15, -0.1) is 0 Å². The number of hydrogen-bond donors (Lipinski definition) is 4. The molecule has 0 saturated heterocycles. The van der Waals surface area contributed by atoms with Crippen LogP contribution in [0.2, 0.25) is 0 Å². The van der Waals surface area contributed by atoms with Gasteiger partial charge in [0.2, 0.25) is 34.2 Å². The molecule has 2 aromatic carbocycles. The molecule has 0 bridgehead atoms. The van der Waals surface area contributed by atoms with Crippen molar-refractivity contribution in [3.8, 4) is 0 Å². The van der Waals surface area contributed by atoms with E-state index in [1.165, 1.54) is 5.56 Å². The quantitative estimate of drug-likeness (QED) is 0.461. The van der Waals surface area contributed by atoms with E-state index < -0.39 is 0 Å². The van der Waals surface area contributed by atoms with Crippen LogP contribution in [0.25, 0.3) is 0 Å².